The van der Waals surface area contributed by atoms with Gasteiger partial charge in [-0.1, -0.05) is 36.4 Å². The van der Waals surface area contributed by atoms with Gasteiger partial charge in [0.05, 0.1) is 35.7 Å². The molecule has 3 amide bonds. The molecule has 3 aromatic rings. The third kappa shape index (κ3) is 4.84. The van der Waals surface area contributed by atoms with Gasteiger partial charge in [-0.15, -0.1) is 0 Å². The van der Waals surface area contributed by atoms with Crippen LogP contribution in [0.15, 0.2) is 72.8 Å². The Morgan fingerprint density at radius 3 is 2.21 bits per heavy atom. The third-order valence-corrected chi connectivity index (χ3v) is 5.24. The van der Waals surface area contributed by atoms with Crippen molar-refractivity contribution in [2.24, 2.45) is 0 Å². The van der Waals surface area contributed by atoms with Crippen LogP contribution in [0.2, 0.25) is 0 Å². The molecule has 0 atom stereocenters. The van der Waals surface area contributed by atoms with Crippen molar-refractivity contribution in [3.63, 3.8) is 0 Å². The van der Waals surface area contributed by atoms with Gasteiger partial charge in [0.1, 0.15) is 0 Å². The Labute approximate surface area is 195 Å². The molecule has 34 heavy (non-hydrogen) atoms. The molecule has 0 fully saturated rings. The number of nitrogens with zero attached hydrogens (tertiary/aromatic N) is 2. The Balaban J connectivity index is 1.34. The Hall–Kier alpha value is -4.77. The molecule has 0 unspecified atom stereocenters. The molecule has 0 saturated heterocycles. The number of esters is 1. The van der Waals surface area contributed by atoms with Gasteiger partial charge < -0.3 is 10.1 Å². The molecule has 0 radical (unpaired) electrons. The maximum atomic E-state index is 12.6. The van der Waals surface area contributed by atoms with Gasteiger partial charge in [-0.3, -0.25) is 19.3 Å². The summed E-state index contributed by atoms with van der Waals surface area (Å²) in [5, 5.41) is 11.3. The predicted molar refractivity (Wildman–Crippen MR) is 122 cm³/mol. The molecule has 8 heteroatoms. The average molecular weight is 453 g/mol. The molecule has 0 saturated carbocycles. The number of nitrogens with one attached hydrogen (secondary N) is 1. The lowest BCUT2D eigenvalue weighted by molar-refractivity contribution is -0.119. The molecule has 4 rings (SSSR count). The number of imide groups is 1. The molecule has 1 heterocycles. The Bertz CT molecular complexity index is 1290. The molecular formula is C26H19N3O5. The van der Waals surface area contributed by atoms with Crippen LogP contribution in [0.1, 0.15) is 42.2 Å². The highest BCUT2D eigenvalue weighted by atomic mass is 16.5. The van der Waals surface area contributed by atoms with Gasteiger partial charge in [0.2, 0.25) is 0 Å². The smallest absolute Gasteiger partial charge is 0.338 e. The zero-order valence-corrected chi connectivity index (χ0v) is 18.0. The first-order chi connectivity index (χ1) is 16.5. The van der Waals surface area contributed by atoms with Crippen molar-refractivity contribution in [3.8, 4) is 6.07 Å². The fourth-order valence-corrected chi connectivity index (χ4v) is 3.57. The zero-order valence-electron chi connectivity index (χ0n) is 18.0. The fourth-order valence-electron chi connectivity index (χ4n) is 3.57. The maximum absolute atomic E-state index is 12.6. The van der Waals surface area contributed by atoms with Crippen molar-refractivity contribution >= 4 is 29.4 Å². The van der Waals surface area contributed by atoms with E-state index in [0.29, 0.717) is 22.4 Å². The molecule has 0 bridgehead atoms. The number of hydrogen-bond acceptors (Lipinski definition) is 6. The van der Waals surface area contributed by atoms with Gasteiger partial charge in [0.15, 0.2) is 6.61 Å². The van der Waals surface area contributed by atoms with Crippen molar-refractivity contribution < 1.29 is 23.9 Å². The lowest BCUT2D eigenvalue weighted by atomic mass is 10.1. The molecule has 0 spiro atoms. The standard InChI is InChI=1S/C26H19N3O5/c27-13-12-17-8-10-20(11-9-17)28-23(30)16-34-26(33)19-5-3-4-18(14-19)15-29-24(31)21-6-1-2-7-22(21)25(29)32/h1-11,14H,12,15-16H2,(H,28,30). The number of carbonyl (C=O) groups excluding carboxylic acids is 4. The van der Waals surface area contributed by atoms with E-state index in [1.54, 1.807) is 60.7 Å². The summed E-state index contributed by atoms with van der Waals surface area (Å²) in [5.41, 5.74) is 2.83. The highest BCUT2D eigenvalue weighted by molar-refractivity contribution is 6.21. The summed E-state index contributed by atoms with van der Waals surface area (Å²) >= 11 is 0. The first-order valence-electron chi connectivity index (χ1n) is 10.4. The van der Waals surface area contributed by atoms with Crippen LogP contribution in [0.3, 0.4) is 0 Å². The van der Waals surface area contributed by atoms with Crippen molar-refractivity contribution in [1.82, 2.24) is 4.90 Å². The van der Waals surface area contributed by atoms with Gasteiger partial charge >= 0.3 is 5.97 Å². The fraction of sp³-hybridized carbons (Fsp3) is 0.115. The van der Waals surface area contributed by atoms with Crippen LogP contribution in [0.5, 0.6) is 0 Å². The molecule has 8 nitrogen and oxygen atoms in total. The second-order valence-electron chi connectivity index (χ2n) is 7.60. The van der Waals surface area contributed by atoms with Crippen LogP contribution in [0.25, 0.3) is 0 Å². The van der Waals surface area contributed by atoms with Gasteiger partial charge in [0.25, 0.3) is 17.7 Å². The first-order valence-corrected chi connectivity index (χ1v) is 10.4. The minimum atomic E-state index is -0.705. The third-order valence-electron chi connectivity index (χ3n) is 5.24. The summed E-state index contributed by atoms with van der Waals surface area (Å²) in [6, 6.07) is 21.8. The first kappa shape index (κ1) is 22.4. The van der Waals surface area contributed by atoms with E-state index < -0.39 is 18.5 Å². The summed E-state index contributed by atoms with van der Waals surface area (Å²) in [5.74, 6) is -1.98. The van der Waals surface area contributed by atoms with Crippen LogP contribution in [-0.4, -0.2) is 35.2 Å². The maximum Gasteiger partial charge on any atom is 0.338 e. The van der Waals surface area contributed by atoms with E-state index in [-0.39, 0.29) is 30.3 Å². The second kappa shape index (κ2) is 9.79. The number of benzene rings is 3. The van der Waals surface area contributed by atoms with Crippen molar-refractivity contribution in [3.05, 3.63) is 101 Å². The highest BCUT2D eigenvalue weighted by Crippen LogP contribution is 2.24. The molecule has 1 aliphatic heterocycles. The Morgan fingerprint density at radius 1 is 0.882 bits per heavy atom. The van der Waals surface area contributed by atoms with E-state index in [1.807, 2.05) is 6.07 Å². The number of carbonyl (C=O) groups is 4. The van der Waals surface area contributed by atoms with Crippen LogP contribution in [-0.2, 0) is 22.5 Å². The monoisotopic (exact) mass is 453 g/mol. The van der Waals surface area contributed by atoms with E-state index in [1.165, 1.54) is 12.1 Å². The largest absolute Gasteiger partial charge is 0.452 e. The van der Waals surface area contributed by atoms with Crippen molar-refractivity contribution in [2.75, 3.05) is 11.9 Å². The van der Waals surface area contributed by atoms with Gasteiger partial charge in [-0.05, 0) is 47.5 Å². The number of nitriles is 1. The number of anilines is 1. The van der Waals surface area contributed by atoms with E-state index in [0.717, 1.165) is 10.5 Å². The van der Waals surface area contributed by atoms with Crippen molar-refractivity contribution in [1.29, 1.82) is 5.26 Å². The number of ether oxygens (including phenoxy) is 1. The molecular weight excluding hydrogens is 434 g/mol. The molecule has 1 N–H and O–H groups in total. The van der Waals surface area contributed by atoms with Gasteiger partial charge in [0, 0.05) is 5.69 Å². The number of rotatable bonds is 7. The van der Waals surface area contributed by atoms with Crippen LogP contribution in [0, 0.1) is 11.3 Å². The highest BCUT2D eigenvalue weighted by Gasteiger charge is 2.35. The topological polar surface area (TPSA) is 117 Å². The Kier molecular flexibility index (Phi) is 6.46. The number of fused-ring (bicyclic) bond motifs is 1. The molecule has 1 aliphatic rings. The normalized spacial score (nSPS) is 12.1. The second-order valence-corrected chi connectivity index (χ2v) is 7.60. The summed E-state index contributed by atoms with van der Waals surface area (Å²) in [4.78, 5) is 50.8. The summed E-state index contributed by atoms with van der Waals surface area (Å²) in [6.45, 7) is -0.475. The van der Waals surface area contributed by atoms with E-state index in [4.69, 9.17) is 10.00 Å². The van der Waals surface area contributed by atoms with Gasteiger partial charge in [-0.2, -0.15) is 5.26 Å². The molecule has 168 valence electrons. The van der Waals surface area contributed by atoms with E-state index >= 15 is 0 Å². The zero-order chi connectivity index (χ0) is 24.1. The Morgan fingerprint density at radius 2 is 1.56 bits per heavy atom. The average Bonchev–Trinajstić information content (AvgIpc) is 3.09. The lowest BCUT2D eigenvalue weighted by Crippen LogP contribution is -2.29. The SMILES string of the molecule is N#CCc1ccc(NC(=O)COC(=O)c2cccc(CN3C(=O)c4ccccc4C3=O)c2)cc1. The minimum absolute atomic E-state index is 0.00967. The van der Waals surface area contributed by atoms with E-state index in [2.05, 4.69) is 5.32 Å². The molecule has 3 aromatic carbocycles. The number of hydrogen-bond donors (Lipinski definition) is 1. The van der Waals surface area contributed by atoms with Gasteiger partial charge in [-0.25, -0.2) is 4.79 Å². The summed E-state index contributed by atoms with van der Waals surface area (Å²) in [7, 11) is 0. The lowest BCUT2D eigenvalue weighted by Gasteiger charge is -2.14. The van der Waals surface area contributed by atoms with Crippen LogP contribution < -0.4 is 5.32 Å². The summed E-state index contributed by atoms with van der Waals surface area (Å²) in [6.07, 6.45) is 0.276. The van der Waals surface area contributed by atoms with Crippen molar-refractivity contribution in [2.45, 2.75) is 13.0 Å². The molecule has 0 aromatic heterocycles. The van der Waals surface area contributed by atoms with Crippen LogP contribution >= 0.6 is 0 Å². The number of amides is 3. The van der Waals surface area contributed by atoms with E-state index in [9.17, 15) is 19.2 Å². The summed E-state index contributed by atoms with van der Waals surface area (Å²) < 4.78 is 5.10. The van der Waals surface area contributed by atoms with Crippen LogP contribution in [0.4, 0.5) is 5.69 Å². The predicted octanol–water partition coefficient (Wildman–Crippen LogP) is 3.34. The minimum Gasteiger partial charge on any atom is -0.452 e. The quantitative estimate of drug-likeness (QED) is 0.433. The molecule has 0 aliphatic carbocycles.